The molecular formula is C25H39N5O6. The molecule has 0 fully saturated rings. The molecular weight excluding hydrogens is 466 g/mol. The van der Waals surface area contributed by atoms with Gasteiger partial charge in [0, 0.05) is 12.8 Å². The summed E-state index contributed by atoms with van der Waals surface area (Å²) in [4.78, 5) is 61.4. The van der Waals surface area contributed by atoms with Crippen LogP contribution in [0.1, 0.15) is 52.5 Å². The quantitative estimate of drug-likeness (QED) is 0.194. The zero-order chi connectivity index (χ0) is 27.4. The number of benzene rings is 1. The van der Waals surface area contributed by atoms with Crippen molar-refractivity contribution in [3.05, 3.63) is 35.9 Å². The smallest absolute Gasteiger partial charge is 0.326 e. The monoisotopic (exact) mass is 505 g/mol. The third-order valence-corrected chi connectivity index (χ3v) is 5.52. The first-order chi connectivity index (χ1) is 16.8. The van der Waals surface area contributed by atoms with Crippen LogP contribution in [0.25, 0.3) is 0 Å². The lowest BCUT2D eigenvalue weighted by Crippen LogP contribution is -2.59. The van der Waals surface area contributed by atoms with Gasteiger partial charge in [0.15, 0.2) is 0 Å². The van der Waals surface area contributed by atoms with Crippen LogP contribution in [0.4, 0.5) is 0 Å². The van der Waals surface area contributed by atoms with Crippen LogP contribution in [-0.2, 0) is 30.4 Å². The van der Waals surface area contributed by atoms with E-state index < -0.39 is 53.8 Å². The lowest BCUT2D eigenvalue weighted by Gasteiger charge is -2.27. The van der Waals surface area contributed by atoms with Crippen molar-refractivity contribution in [1.82, 2.24) is 16.0 Å². The lowest BCUT2D eigenvalue weighted by molar-refractivity contribution is -0.143. The fourth-order valence-electron chi connectivity index (χ4n) is 3.51. The Morgan fingerprint density at radius 2 is 1.44 bits per heavy atom. The van der Waals surface area contributed by atoms with Crippen LogP contribution in [-0.4, -0.2) is 58.9 Å². The van der Waals surface area contributed by atoms with Gasteiger partial charge in [0.1, 0.15) is 18.1 Å². The van der Waals surface area contributed by atoms with E-state index in [-0.39, 0.29) is 37.5 Å². The van der Waals surface area contributed by atoms with Crippen molar-refractivity contribution in [1.29, 1.82) is 0 Å². The van der Waals surface area contributed by atoms with E-state index in [0.29, 0.717) is 0 Å². The van der Waals surface area contributed by atoms with Gasteiger partial charge in [-0.15, -0.1) is 0 Å². The van der Waals surface area contributed by atoms with Gasteiger partial charge in [-0.3, -0.25) is 19.2 Å². The summed E-state index contributed by atoms with van der Waals surface area (Å²) in [6.45, 7) is 7.12. The first kappa shape index (κ1) is 30.6. The number of carbonyl (C=O) groups excluding carboxylic acids is 4. The van der Waals surface area contributed by atoms with Crippen molar-refractivity contribution in [2.45, 2.75) is 77.5 Å². The number of rotatable bonds is 15. The molecule has 200 valence electrons. The summed E-state index contributed by atoms with van der Waals surface area (Å²) in [6, 6.07) is 4.70. The summed E-state index contributed by atoms with van der Waals surface area (Å²) in [6.07, 6.45) is 0.291. The molecule has 0 saturated carbocycles. The van der Waals surface area contributed by atoms with E-state index in [1.807, 2.05) is 19.9 Å². The highest BCUT2D eigenvalue weighted by Crippen LogP contribution is 2.10. The van der Waals surface area contributed by atoms with Gasteiger partial charge < -0.3 is 32.5 Å². The second-order valence-corrected chi connectivity index (χ2v) is 9.62. The van der Waals surface area contributed by atoms with Crippen molar-refractivity contribution in [3.8, 4) is 0 Å². The number of carbonyl (C=O) groups is 5. The molecule has 11 heteroatoms. The van der Waals surface area contributed by atoms with Gasteiger partial charge in [-0.25, -0.2) is 4.79 Å². The number of primary amides is 1. The molecule has 1 aromatic rings. The predicted molar refractivity (Wildman–Crippen MR) is 134 cm³/mol. The van der Waals surface area contributed by atoms with E-state index in [2.05, 4.69) is 16.0 Å². The van der Waals surface area contributed by atoms with E-state index in [4.69, 9.17) is 11.5 Å². The summed E-state index contributed by atoms with van der Waals surface area (Å²) in [7, 11) is 0. The number of amides is 4. The highest BCUT2D eigenvalue weighted by atomic mass is 16.4. The van der Waals surface area contributed by atoms with Crippen LogP contribution in [0.15, 0.2) is 30.3 Å². The van der Waals surface area contributed by atoms with Crippen molar-refractivity contribution in [2.75, 3.05) is 0 Å². The largest absolute Gasteiger partial charge is 0.480 e. The summed E-state index contributed by atoms with van der Waals surface area (Å²) >= 11 is 0. The second-order valence-electron chi connectivity index (χ2n) is 9.62. The molecule has 0 aromatic heterocycles. The van der Waals surface area contributed by atoms with Crippen molar-refractivity contribution < 1.29 is 29.1 Å². The molecule has 0 bridgehead atoms. The molecule has 0 radical (unpaired) electrons. The molecule has 0 aliphatic heterocycles. The Hall–Kier alpha value is -3.47. The average molecular weight is 506 g/mol. The van der Waals surface area contributed by atoms with Crippen LogP contribution in [0.2, 0.25) is 0 Å². The third kappa shape index (κ3) is 10.9. The summed E-state index contributed by atoms with van der Waals surface area (Å²) in [5, 5.41) is 17.2. The van der Waals surface area contributed by atoms with E-state index in [0.717, 1.165) is 5.56 Å². The van der Waals surface area contributed by atoms with Gasteiger partial charge in [0.25, 0.3) is 0 Å². The van der Waals surface area contributed by atoms with Gasteiger partial charge >= 0.3 is 5.97 Å². The van der Waals surface area contributed by atoms with Gasteiger partial charge in [-0.1, -0.05) is 58.0 Å². The summed E-state index contributed by atoms with van der Waals surface area (Å²) in [5.74, 6) is -3.99. The summed E-state index contributed by atoms with van der Waals surface area (Å²) in [5.41, 5.74) is 11.7. The minimum atomic E-state index is -1.16. The molecule has 36 heavy (non-hydrogen) atoms. The third-order valence-electron chi connectivity index (χ3n) is 5.52. The number of hydrogen-bond acceptors (Lipinski definition) is 6. The van der Waals surface area contributed by atoms with E-state index in [1.165, 1.54) is 0 Å². The Morgan fingerprint density at radius 3 is 1.94 bits per heavy atom. The molecule has 1 aromatic carbocycles. The first-order valence-corrected chi connectivity index (χ1v) is 12.0. The molecule has 1 rings (SSSR count). The van der Waals surface area contributed by atoms with Crippen molar-refractivity contribution >= 4 is 29.6 Å². The number of carboxylic acid groups (broad SMARTS) is 1. The fourth-order valence-corrected chi connectivity index (χ4v) is 3.51. The Balaban J connectivity index is 3.05. The lowest BCUT2D eigenvalue weighted by atomic mass is 9.99. The van der Waals surface area contributed by atoms with Gasteiger partial charge in [-0.05, 0) is 30.2 Å². The molecule has 0 aliphatic rings. The molecule has 8 N–H and O–H groups in total. The molecule has 4 amide bonds. The fraction of sp³-hybridized carbons (Fsp3) is 0.560. The van der Waals surface area contributed by atoms with Crippen LogP contribution in [0.3, 0.4) is 0 Å². The highest BCUT2D eigenvalue weighted by molar-refractivity contribution is 5.94. The van der Waals surface area contributed by atoms with Gasteiger partial charge in [0.2, 0.25) is 23.6 Å². The van der Waals surface area contributed by atoms with Crippen LogP contribution < -0.4 is 27.4 Å². The Morgan fingerprint density at radius 1 is 0.861 bits per heavy atom. The number of nitrogens with two attached hydrogens (primary N) is 2. The van der Waals surface area contributed by atoms with Crippen LogP contribution >= 0.6 is 0 Å². The second kappa shape index (κ2) is 14.8. The average Bonchev–Trinajstić information content (AvgIpc) is 2.79. The van der Waals surface area contributed by atoms with Crippen LogP contribution in [0, 0.1) is 11.8 Å². The Bertz CT molecular complexity index is 905. The maximum absolute atomic E-state index is 13.3. The minimum absolute atomic E-state index is 0.0182. The number of carboxylic acids is 1. The molecule has 0 saturated heterocycles. The van der Waals surface area contributed by atoms with E-state index in [1.54, 1.807) is 38.1 Å². The standard InChI is InChI=1S/C25H39N5O6/c1-14(2)12-19(25(35)36)29-24(34)21(15(3)4)30-23(33)18(13-16-8-6-5-7-9-16)28-22(32)17(26)10-11-20(27)31/h5-9,14-15,17-19,21H,10-13,26H2,1-4H3,(H2,27,31)(H,28,32)(H,29,34)(H,30,33)(H,35,36). The number of hydrogen-bond donors (Lipinski definition) is 6. The SMILES string of the molecule is CC(C)CC(NC(=O)C(NC(=O)C(Cc1ccccc1)NC(=O)C(N)CCC(N)=O)C(C)C)C(=O)O. The van der Waals surface area contributed by atoms with Crippen molar-refractivity contribution in [2.24, 2.45) is 23.3 Å². The highest BCUT2D eigenvalue weighted by Gasteiger charge is 2.32. The zero-order valence-corrected chi connectivity index (χ0v) is 21.3. The molecule has 4 atom stereocenters. The topological polar surface area (TPSA) is 194 Å². The summed E-state index contributed by atoms with van der Waals surface area (Å²) < 4.78 is 0. The van der Waals surface area contributed by atoms with E-state index >= 15 is 0 Å². The molecule has 0 heterocycles. The first-order valence-electron chi connectivity index (χ1n) is 12.0. The number of aliphatic carboxylic acids is 1. The van der Waals surface area contributed by atoms with Gasteiger partial charge in [-0.2, -0.15) is 0 Å². The predicted octanol–water partition coefficient (Wildman–Crippen LogP) is 0.0630. The number of nitrogens with one attached hydrogen (secondary N) is 3. The Kier molecular flexibility index (Phi) is 12.6. The normalized spacial score (nSPS) is 14.4. The zero-order valence-electron chi connectivity index (χ0n) is 21.3. The molecule has 4 unspecified atom stereocenters. The van der Waals surface area contributed by atoms with Crippen LogP contribution in [0.5, 0.6) is 0 Å². The maximum atomic E-state index is 13.3. The molecule has 0 spiro atoms. The van der Waals surface area contributed by atoms with Gasteiger partial charge in [0.05, 0.1) is 6.04 Å². The van der Waals surface area contributed by atoms with E-state index in [9.17, 15) is 29.1 Å². The molecule has 0 aliphatic carbocycles. The van der Waals surface area contributed by atoms with Crippen molar-refractivity contribution in [3.63, 3.8) is 0 Å². The minimum Gasteiger partial charge on any atom is -0.480 e. The maximum Gasteiger partial charge on any atom is 0.326 e. The Labute approximate surface area is 211 Å². The molecule has 11 nitrogen and oxygen atoms in total.